The number of nitrogens with two attached hydrogens (primary N) is 2. The molecule has 1 aromatic carbocycles. The smallest absolute Gasteiger partial charge is 0.250 e. The van der Waals surface area contributed by atoms with E-state index in [-0.39, 0.29) is 33.1 Å². The molecule has 0 saturated carbocycles. The average molecular weight is 459 g/mol. The monoisotopic (exact) mass is 459 g/mol. The average Bonchev–Trinajstić information content (AvgIpc) is 2.98. The van der Waals surface area contributed by atoms with Crippen LogP contribution in [-0.4, -0.2) is 34.3 Å². The zero-order valence-electron chi connectivity index (χ0n) is 14.9. The van der Waals surface area contributed by atoms with Gasteiger partial charge in [0, 0.05) is 6.92 Å². The molecule has 7 nitrogen and oxygen atoms in total. The Morgan fingerprint density at radius 2 is 2.04 bits per heavy atom. The Balaban J connectivity index is 1.82. The first kappa shape index (κ1) is 20.0. The molecular weight excluding hydrogens is 433 g/mol. The molecule has 0 unspecified atom stereocenters. The van der Waals surface area contributed by atoms with Gasteiger partial charge in [-0.15, -0.1) is 0 Å². The minimum atomic E-state index is -0.354. The molecule has 0 bridgehead atoms. The van der Waals surface area contributed by atoms with Gasteiger partial charge in [0.2, 0.25) is 5.84 Å². The maximum absolute atomic E-state index is 12.3. The van der Waals surface area contributed by atoms with Crippen LogP contribution in [-0.2, 0) is 14.3 Å². The topological polar surface area (TPSA) is 106 Å². The van der Waals surface area contributed by atoms with Crippen molar-refractivity contribution in [1.82, 2.24) is 5.32 Å². The second kappa shape index (κ2) is 9.37. The second-order valence-corrected chi connectivity index (χ2v) is 8.63. The summed E-state index contributed by atoms with van der Waals surface area (Å²) in [5.74, 6) is 1.77. The zero-order valence-corrected chi connectivity index (χ0v) is 17.0. The van der Waals surface area contributed by atoms with Crippen LogP contribution in [0.25, 0.3) is 0 Å². The molecule has 2 rings (SSSR count). The number of amidine groups is 2. The van der Waals surface area contributed by atoms with Gasteiger partial charge in [-0.25, -0.2) is 5.32 Å². The summed E-state index contributed by atoms with van der Waals surface area (Å²) >= 11 is -0.354. The summed E-state index contributed by atoms with van der Waals surface area (Å²) in [6.45, 7) is 6.56. The van der Waals surface area contributed by atoms with Crippen molar-refractivity contribution in [2.24, 2.45) is 15.9 Å². The van der Waals surface area contributed by atoms with E-state index in [4.69, 9.17) is 8.80 Å². The fourth-order valence-corrected chi connectivity index (χ4v) is 3.17. The summed E-state index contributed by atoms with van der Waals surface area (Å²) in [6, 6.07) is 7.87. The third kappa shape index (κ3) is 6.81. The molecule has 1 heterocycles. The first-order chi connectivity index (χ1) is 11.9. The van der Waals surface area contributed by atoms with Gasteiger partial charge in [-0.3, -0.25) is 0 Å². The van der Waals surface area contributed by atoms with Crippen LogP contribution in [0.1, 0.15) is 38.3 Å². The second-order valence-electron chi connectivity index (χ2n) is 6.50. The van der Waals surface area contributed by atoms with Crippen molar-refractivity contribution in [2.75, 3.05) is 11.2 Å². The fraction of sp³-hybridized carbons (Fsp3) is 0.471. The molecule has 25 heavy (non-hydrogen) atoms. The van der Waals surface area contributed by atoms with E-state index < -0.39 is 0 Å². The van der Waals surface area contributed by atoms with Crippen LogP contribution in [0.3, 0.4) is 0 Å². The Morgan fingerprint density at radius 1 is 1.32 bits per heavy atom. The fourth-order valence-electron chi connectivity index (χ4n) is 2.39. The van der Waals surface area contributed by atoms with Gasteiger partial charge >= 0.3 is 131 Å². The third-order valence-corrected chi connectivity index (χ3v) is 4.94. The first-order valence-corrected chi connectivity index (χ1v) is 10.6. The standard InChI is InChI=1S/C17H25IN5O2/c1-12-20-16(23-22-12)14-6-4-13(5-7-14)10-15(24)21-17(2,3)8-9-25-18-11-19/h4-7H,8-11,19H2,1-3H3,(H,21,24)(H,20,22,23)/q-1/p+1. The van der Waals surface area contributed by atoms with Crippen LogP contribution >= 0.6 is 0 Å². The number of alkyl halides is 1. The Labute approximate surface area is 159 Å². The number of hydrogen-bond donors (Lipinski definition) is 3. The largest absolute Gasteiger partial charge is 0.250 e. The predicted octanol–water partition coefficient (Wildman–Crippen LogP) is -2.89. The van der Waals surface area contributed by atoms with E-state index in [1.54, 1.807) is 0 Å². The number of carbonyl (C=O) groups excluding carboxylic acids is 1. The molecule has 0 saturated heterocycles. The van der Waals surface area contributed by atoms with E-state index in [9.17, 15) is 4.79 Å². The number of rotatable bonds is 9. The van der Waals surface area contributed by atoms with Crippen molar-refractivity contribution in [3.8, 4) is 0 Å². The molecule has 0 fully saturated rings. The van der Waals surface area contributed by atoms with Crippen LogP contribution in [0.2, 0.25) is 0 Å². The number of carbonyl (C=O) groups is 1. The molecule has 1 aromatic rings. The van der Waals surface area contributed by atoms with E-state index in [0.29, 0.717) is 17.6 Å². The molecule has 0 radical (unpaired) electrons. The van der Waals surface area contributed by atoms with E-state index in [2.05, 4.69) is 15.5 Å². The molecule has 1 aliphatic rings. The van der Waals surface area contributed by atoms with Crippen LogP contribution in [0.5, 0.6) is 0 Å². The van der Waals surface area contributed by atoms with E-state index >= 15 is 0 Å². The van der Waals surface area contributed by atoms with Gasteiger partial charge in [0.05, 0.1) is 0 Å². The van der Waals surface area contributed by atoms with Crippen LogP contribution < -0.4 is 38.0 Å². The van der Waals surface area contributed by atoms with Crippen LogP contribution in [0.4, 0.5) is 0 Å². The Bertz CT molecular complexity index is 656. The summed E-state index contributed by atoms with van der Waals surface area (Å²) in [4.78, 5) is 12.3. The number of amides is 1. The Kier molecular flexibility index (Phi) is 7.48. The van der Waals surface area contributed by atoms with Crippen molar-refractivity contribution in [2.45, 2.75) is 39.2 Å². The summed E-state index contributed by atoms with van der Waals surface area (Å²) < 4.78 is 6.12. The number of halogens is 1. The van der Waals surface area contributed by atoms with Gasteiger partial charge in [-0.1, -0.05) is 10.2 Å². The van der Waals surface area contributed by atoms with Gasteiger partial charge in [0.1, 0.15) is 0 Å². The van der Waals surface area contributed by atoms with Crippen molar-refractivity contribution < 1.29 is 34.8 Å². The number of hydrogen-bond acceptors (Lipinski definition) is 5. The van der Waals surface area contributed by atoms with Crippen molar-refractivity contribution in [1.29, 1.82) is 0 Å². The summed E-state index contributed by atoms with van der Waals surface area (Å²) in [7, 11) is 0. The molecular formula is C17H26IN5O2. The minimum Gasteiger partial charge on any atom is -0.250 e. The Morgan fingerprint density at radius 3 is 2.64 bits per heavy atom. The van der Waals surface area contributed by atoms with E-state index in [1.165, 1.54) is 0 Å². The summed E-state index contributed by atoms with van der Waals surface area (Å²) in [6.07, 6.45) is 1.12. The van der Waals surface area contributed by atoms with Crippen molar-refractivity contribution in [3.05, 3.63) is 35.4 Å². The maximum Gasteiger partial charge on any atom is -0.250 e. The van der Waals surface area contributed by atoms with Gasteiger partial charge in [0.15, 0.2) is 0 Å². The number of nitrogens with one attached hydrogen (secondary N) is 1. The van der Waals surface area contributed by atoms with Crippen LogP contribution in [0, 0.1) is 0 Å². The molecule has 138 valence electrons. The number of nitrogens with zero attached hydrogens (tertiary/aromatic N) is 2. The van der Waals surface area contributed by atoms with Gasteiger partial charge in [-0.2, -0.15) is 0 Å². The SMILES string of the molecule is CC1=NN=C(c2ccc(CC(=O)NC(C)(C)CCO[I-]CN)cc2)[NH2+]1. The molecule has 0 atom stereocenters. The first-order valence-electron chi connectivity index (χ1n) is 8.18. The normalized spacial score (nSPS) is 14.4. The molecule has 5 N–H and O–H groups in total. The van der Waals surface area contributed by atoms with Gasteiger partial charge < -0.3 is 0 Å². The Hall–Kier alpha value is -1.36. The van der Waals surface area contributed by atoms with Crippen molar-refractivity contribution >= 4 is 17.6 Å². The zero-order chi connectivity index (χ0) is 18.3. The predicted molar refractivity (Wildman–Crippen MR) is 93.6 cm³/mol. The molecule has 0 aliphatic carbocycles. The third-order valence-electron chi connectivity index (χ3n) is 3.70. The summed E-state index contributed by atoms with van der Waals surface area (Å²) in [5, 5.41) is 13.1. The number of quaternary nitrogens is 1. The van der Waals surface area contributed by atoms with Gasteiger partial charge in [0.25, 0.3) is 0 Å². The van der Waals surface area contributed by atoms with Gasteiger partial charge in [-0.05, 0) is 0 Å². The molecule has 1 aliphatic heterocycles. The van der Waals surface area contributed by atoms with Crippen LogP contribution in [0.15, 0.2) is 34.5 Å². The summed E-state index contributed by atoms with van der Waals surface area (Å²) in [5.41, 5.74) is 7.12. The number of benzene rings is 1. The molecule has 8 heteroatoms. The molecule has 1 amide bonds. The minimum absolute atomic E-state index is 0.00946. The molecule has 0 spiro atoms. The van der Waals surface area contributed by atoms with Crippen molar-refractivity contribution in [3.63, 3.8) is 0 Å². The van der Waals surface area contributed by atoms with E-state index in [0.717, 1.165) is 29.2 Å². The van der Waals surface area contributed by atoms with E-state index in [1.807, 2.05) is 50.4 Å². The maximum atomic E-state index is 12.3. The molecule has 0 aromatic heterocycles. The quantitative estimate of drug-likeness (QED) is 0.160.